The maximum Gasteiger partial charge on any atom is 0.0146 e. The quantitative estimate of drug-likeness (QED) is 0.202. The van der Waals surface area contributed by atoms with Crippen molar-refractivity contribution in [3.8, 4) is 0 Å². The summed E-state index contributed by atoms with van der Waals surface area (Å²) in [4.78, 5) is 0. The second-order valence-corrected chi connectivity index (χ2v) is 12.4. The summed E-state index contributed by atoms with van der Waals surface area (Å²) in [6, 6.07) is 43.6. The fraction of sp³-hybridized carbons (Fsp3) is 0.302. The van der Waals surface area contributed by atoms with Gasteiger partial charge in [0.15, 0.2) is 0 Å². The minimum Gasteiger partial charge on any atom is -0.0656 e. The molecule has 0 radical (unpaired) electrons. The molecule has 0 unspecified atom stereocenters. The third-order valence-electron chi connectivity index (χ3n) is 7.41. The van der Waals surface area contributed by atoms with Crippen LogP contribution < -0.4 is 0 Å². The maximum absolute atomic E-state index is 2.28. The van der Waals surface area contributed by atoms with E-state index in [2.05, 4.69) is 191 Å². The normalized spacial score (nSPS) is 10.3. The molecule has 0 N–H and O–H groups in total. The fourth-order valence-corrected chi connectivity index (χ4v) is 4.39. The van der Waals surface area contributed by atoms with Crippen LogP contribution in [-0.2, 0) is 11.8 Å². The van der Waals surface area contributed by atoms with E-state index in [1.54, 1.807) is 0 Å². The molecule has 5 aromatic rings. The van der Waals surface area contributed by atoms with Crippen LogP contribution in [0.25, 0.3) is 0 Å². The first-order chi connectivity index (χ1) is 20.4. The average molecular weight is 571 g/mol. The van der Waals surface area contributed by atoms with E-state index in [0.717, 1.165) is 6.42 Å². The van der Waals surface area contributed by atoms with Gasteiger partial charge in [0.1, 0.15) is 0 Å². The molecule has 0 amide bonds. The lowest BCUT2D eigenvalue weighted by Gasteiger charge is -2.26. The first-order valence-electron chi connectivity index (χ1n) is 15.7. The summed E-state index contributed by atoms with van der Waals surface area (Å²) in [5.74, 6) is 0. The van der Waals surface area contributed by atoms with Crippen molar-refractivity contribution < 1.29 is 0 Å². The molecule has 0 saturated carbocycles. The molecular weight excluding hydrogens is 516 g/mol. The predicted octanol–water partition coefficient (Wildman–Crippen LogP) is 12.2. The van der Waals surface area contributed by atoms with Gasteiger partial charge in [-0.05, 0) is 70.2 Å². The molecule has 0 nitrogen and oxygen atoms in total. The Morgan fingerprint density at radius 2 is 0.535 bits per heavy atom. The first kappa shape index (κ1) is 35.3. The molecule has 5 aromatic carbocycles. The van der Waals surface area contributed by atoms with Crippen molar-refractivity contribution in [1.82, 2.24) is 0 Å². The zero-order valence-electron chi connectivity index (χ0n) is 28.5. The number of benzene rings is 5. The number of rotatable bonds is 4. The van der Waals surface area contributed by atoms with E-state index >= 15 is 0 Å². The predicted molar refractivity (Wildman–Crippen MR) is 192 cm³/mol. The van der Waals surface area contributed by atoms with Crippen LogP contribution in [0.1, 0.15) is 89.8 Å². The molecule has 0 fully saturated rings. The van der Waals surface area contributed by atoms with E-state index in [1.165, 1.54) is 62.1 Å². The van der Waals surface area contributed by atoms with Crippen LogP contribution in [0.5, 0.6) is 0 Å². The summed E-state index contributed by atoms with van der Waals surface area (Å²) in [5, 5.41) is 0. The highest BCUT2D eigenvalue weighted by Gasteiger charge is 2.22. The van der Waals surface area contributed by atoms with Crippen molar-refractivity contribution in [3.63, 3.8) is 0 Å². The maximum atomic E-state index is 2.28. The molecule has 5 rings (SSSR count). The van der Waals surface area contributed by atoms with Gasteiger partial charge in [-0.15, -0.1) is 0 Å². The van der Waals surface area contributed by atoms with Gasteiger partial charge >= 0.3 is 0 Å². The van der Waals surface area contributed by atoms with E-state index in [0.29, 0.717) is 0 Å². The highest BCUT2D eigenvalue weighted by Crippen LogP contribution is 2.31. The van der Waals surface area contributed by atoms with Crippen molar-refractivity contribution >= 4 is 0 Å². The molecular formula is C43H54. The Morgan fingerprint density at radius 3 is 0.767 bits per heavy atom. The van der Waals surface area contributed by atoms with Crippen LogP contribution in [0.2, 0.25) is 0 Å². The van der Waals surface area contributed by atoms with Gasteiger partial charge in [-0.3, -0.25) is 0 Å². The topological polar surface area (TPSA) is 0 Å². The van der Waals surface area contributed by atoms with Crippen molar-refractivity contribution in [3.05, 3.63) is 177 Å². The molecule has 0 saturated heterocycles. The van der Waals surface area contributed by atoms with Crippen LogP contribution >= 0.6 is 0 Å². The van der Waals surface area contributed by atoms with Gasteiger partial charge in [0, 0.05) is 5.41 Å². The van der Waals surface area contributed by atoms with Gasteiger partial charge in [-0.25, -0.2) is 0 Å². The highest BCUT2D eigenvalue weighted by molar-refractivity contribution is 5.39. The summed E-state index contributed by atoms with van der Waals surface area (Å²) in [6.07, 6.45) is 2.28. The van der Waals surface area contributed by atoms with Gasteiger partial charge in [-0.2, -0.15) is 0 Å². The van der Waals surface area contributed by atoms with Gasteiger partial charge < -0.3 is 0 Å². The second kappa shape index (κ2) is 17.9. The second-order valence-electron chi connectivity index (χ2n) is 12.4. The largest absolute Gasteiger partial charge is 0.0656 e. The lowest BCUT2D eigenvalue weighted by Crippen LogP contribution is -2.18. The monoisotopic (exact) mass is 570 g/mol. The summed E-state index contributed by atoms with van der Waals surface area (Å²) in [6.45, 7) is 21.5. The molecule has 0 heteroatoms. The average Bonchev–Trinajstić information content (AvgIpc) is 2.99. The zero-order valence-corrected chi connectivity index (χ0v) is 28.5. The lowest BCUT2D eigenvalue weighted by atomic mass is 9.78. The standard InChI is InChI=1S/C17H20.C15H16.C8H10.C3H8/c1-13-5-9-15(10-6-13)17(3,4)16-11-7-14(2)8-12-16;1-12-3-7-14(8-4-12)11-15-9-5-13(2)6-10-15;1-7-3-5-8(2)6-4-7;1-3-2/h5-12H,1-4H3;3-10H,11H2,1-2H3;3-6H,1-2H3;3H2,1-2H3. The van der Waals surface area contributed by atoms with Gasteiger partial charge in [0.25, 0.3) is 0 Å². The Bertz CT molecular complexity index is 1320. The van der Waals surface area contributed by atoms with Crippen LogP contribution in [0.4, 0.5) is 0 Å². The van der Waals surface area contributed by atoms with Gasteiger partial charge in [0.2, 0.25) is 0 Å². The number of hydrogen-bond donors (Lipinski definition) is 0. The summed E-state index contributed by atoms with van der Waals surface area (Å²) in [7, 11) is 0. The molecule has 0 atom stereocenters. The van der Waals surface area contributed by atoms with Crippen molar-refractivity contribution in [1.29, 1.82) is 0 Å². The molecule has 0 aliphatic rings. The third kappa shape index (κ3) is 12.9. The van der Waals surface area contributed by atoms with Gasteiger partial charge in [-0.1, -0.05) is 189 Å². The zero-order chi connectivity index (χ0) is 31.8. The van der Waals surface area contributed by atoms with Gasteiger partial charge in [0.05, 0.1) is 0 Å². The summed E-state index contributed by atoms with van der Waals surface area (Å²) in [5.41, 5.74) is 13.5. The van der Waals surface area contributed by atoms with Crippen molar-refractivity contribution in [2.24, 2.45) is 0 Å². The molecule has 43 heavy (non-hydrogen) atoms. The number of aryl methyl sites for hydroxylation is 6. The molecule has 0 bridgehead atoms. The summed E-state index contributed by atoms with van der Waals surface area (Å²) < 4.78 is 0. The Kier molecular flexibility index (Phi) is 14.7. The minimum atomic E-state index is 0.0708. The lowest BCUT2D eigenvalue weighted by molar-refractivity contribution is 0.640. The van der Waals surface area contributed by atoms with E-state index in [1.807, 2.05) is 0 Å². The Balaban J connectivity index is 0.000000226. The molecule has 0 aromatic heterocycles. The molecule has 0 aliphatic carbocycles. The van der Waals surface area contributed by atoms with Crippen molar-refractivity contribution in [2.45, 2.75) is 87.5 Å². The Morgan fingerprint density at radius 1 is 0.349 bits per heavy atom. The van der Waals surface area contributed by atoms with Crippen LogP contribution in [0, 0.1) is 41.5 Å². The minimum absolute atomic E-state index is 0.0708. The smallest absolute Gasteiger partial charge is 0.0146 e. The van der Waals surface area contributed by atoms with E-state index in [9.17, 15) is 0 Å². The van der Waals surface area contributed by atoms with E-state index in [4.69, 9.17) is 0 Å². The molecule has 0 heterocycles. The SMILES string of the molecule is CCC.Cc1ccc(C(C)(C)c2ccc(C)cc2)cc1.Cc1ccc(C)cc1.Cc1ccc(Cc2ccc(C)cc2)cc1. The van der Waals surface area contributed by atoms with Crippen LogP contribution in [0.15, 0.2) is 121 Å². The molecule has 0 spiro atoms. The fourth-order valence-electron chi connectivity index (χ4n) is 4.39. The first-order valence-corrected chi connectivity index (χ1v) is 15.7. The van der Waals surface area contributed by atoms with E-state index in [-0.39, 0.29) is 5.41 Å². The van der Waals surface area contributed by atoms with Crippen molar-refractivity contribution in [2.75, 3.05) is 0 Å². The third-order valence-corrected chi connectivity index (χ3v) is 7.41. The highest BCUT2D eigenvalue weighted by atomic mass is 14.3. The summed E-state index contributed by atoms with van der Waals surface area (Å²) >= 11 is 0. The van der Waals surface area contributed by atoms with Crippen LogP contribution in [-0.4, -0.2) is 0 Å². The molecule has 226 valence electrons. The Hall–Kier alpha value is -3.90. The van der Waals surface area contributed by atoms with E-state index < -0.39 is 0 Å². The van der Waals surface area contributed by atoms with Crippen LogP contribution in [0.3, 0.4) is 0 Å². The Labute approximate surface area is 263 Å². The molecule has 0 aliphatic heterocycles. The number of hydrogen-bond acceptors (Lipinski definition) is 0.